The summed E-state index contributed by atoms with van der Waals surface area (Å²) in [6, 6.07) is -0.107. The monoisotopic (exact) mass is 268 g/mol. The fourth-order valence-electron chi connectivity index (χ4n) is 2.92. The maximum Gasteiger partial charge on any atom is 0.329 e. The molecule has 2 amide bonds. The third-order valence-electron chi connectivity index (χ3n) is 4.72. The molecule has 0 saturated heterocycles. The zero-order valence-corrected chi connectivity index (χ0v) is 11.7. The molecule has 2 saturated carbocycles. The molecule has 2 atom stereocenters. The van der Waals surface area contributed by atoms with E-state index in [0.29, 0.717) is 24.7 Å². The Morgan fingerprint density at radius 2 is 1.89 bits per heavy atom. The molecule has 2 rings (SSSR count). The van der Waals surface area contributed by atoms with Gasteiger partial charge in [0, 0.05) is 6.04 Å². The number of carbonyl (C=O) groups excluding carboxylic acids is 1. The summed E-state index contributed by atoms with van der Waals surface area (Å²) >= 11 is 0. The molecule has 108 valence electrons. The highest BCUT2D eigenvalue weighted by Gasteiger charge is 2.44. The van der Waals surface area contributed by atoms with Gasteiger partial charge in [0.25, 0.3) is 0 Å². The average molecular weight is 268 g/mol. The van der Waals surface area contributed by atoms with Gasteiger partial charge in [0.15, 0.2) is 0 Å². The quantitative estimate of drug-likeness (QED) is 0.730. The van der Waals surface area contributed by atoms with Gasteiger partial charge in [-0.1, -0.05) is 20.3 Å². The Balaban J connectivity index is 1.92. The van der Waals surface area contributed by atoms with Crippen LogP contribution in [0.5, 0.6) is 0 Å². The van der Waals surface area contributed by atoms with Gasteiger partial charge in [0.05, 0.1) is 0 Å². The van der Waals surface area contributed by atoms with E-state index in [1.54, 1.807) is 0 Å². The smallest absolute Gasteiger partial charge is 0.329 e. The first-order valence-electron chi connectivity index (χ1n) is 7.29. The zero-order valence-electron chi connectivity index (χ0n) is 11.7. The summed E-state index contributed by atoms with van der Waals surface area (Å²) in [6.07, 6.45) is 4.90. The predicted molar refractivity (Wildman–Crippen MR) is 71.9 cm³/mol. The van der Waals surface area contributed by atoms with Crippen molar-refractivity contribution in [3.8, 4) is 0 Å². The van der Waals surface area contributed by atoms with Crippen LogP contribution in [0.1, 0.15) is 52.4 Å². The van der Waals surface area contributed by atoms with Crippen molar-refractivity contribution < 1.29 is 14.7 Å². The molecule has 0 bridgehead atoms. The molecule has 0 aliphatic heterocycles. The highest BCUT2D eigenvalue weighted by molar-refractivity contribution is 5.86. The SMILES string of the molecule is CCC1CCC(NC(=O)NC2CC2C)(C(=O)O)CC1. The number of hydrogen-bond acceptors (Lipinski definition) is 2. The van der Waals surface area contributed by atoms with Gasteiger partial charge >= 0.3 is 12.0 Å². The number of urea groups is 1. The lowest BCUT2D eigenvalue weighted by Crippen LogP contribution is -2.59. The molecule has 0 radical (unpaired) electrons. The van der Waals surface area contributed by atoms with Gasteiger partial charge in [-0.25, -0.2) is 9.59 Å². The van der Waals surface area contributed by atoms with Crippen molar-refractivity contribution in [1.29, 1.82) is 0 Å². The second kappa shape index (κ2) is 5.39. The number of hydrogen-bond donors (Lipinski definition) is 3. The summed E-state index contributed by atoms with van der Waals surface area (Å²) in [5, 5.41) is 15.0. The molecule has 2 aliphatic carbocycles. The van der Waals surface area contributed by atoms with E-state index in [4.69, 9.17) is 0 Å². The molecule has 2 fully saturated rings. The Labute approximate surface area is 114 Å². The maximum atomic E-state index is 11.9. The van der Waals surface area contributed by atoms with Crippen molar-refractivity contribution in [1.82, 2.24) is 10.6 Å². The minimum absolute atomic E-state index is 0.220. The number of amides is 2. The number of nitrogens with one attached hydrogen (secondary N) is 2. The van der Waals surface area contributed by atoms with Crippen LogP contribution < -0.4 is 10.6 Å². The van der Waals surface area contributed by atoms with Gasteiger partial charge < -0.3 is 15.7 Å². The van der Waals surface area contributed by atoms with Crippen molar-refractivity contribution >= 4 is 12.0 Å². The summed E-state index contributed by atoms with van der Waals surface area (Å²) in [4.78, 5) is 23.4. The highest BCUT2D eigenvalue weighted by Crippen LogP contribution is 2.34. The molecule has 0 spiro atoms. The first-order chi connectivity index (χ1) is 8.97. The van der Waals surface area contributed by atoms with Crippen LogP contribution in [-0.4, -0.2) is 28.7 Å². The van der Waals surface area contributed by atoms with Crippen LogP contribution in [0.15, 0.2) is 0 Å². The molecular formula is C14H24N2O3. The Morgan fingerprint density at radius 1 is 1.32 bits per heavy atom. The van der Waals surface area contributed by atoms with Crippen molar-refractivity contribution in [2.24, 2.45) is 11.8 Å². The van der Waals surface area contributed by atoms with Crippen LogP contribution in [0.3, 0.4) is 0 Å². The number of carboxylic acid groups (broad SMARTS) is 1. The van der Waals surface area contributed by atoms with E-state index in [9.17, 15) is 14.7 Å². The molecule has 2 aliphatic rings. The van der Waals surface area contributed by atoms with Gasteiger partial charge in [-0.3, -0.25) is 0 Å². The summed E-state index contributed by atoms with van der Waals surface area (Å²) in [7, 11) is 0. The number of aliphatic carboxylic acids is 1. The molecular weight excluding hydrogens is 244 g/mol. The molecule has 0 aromatic heterocycles. The van der Waals surface area contributed by atoms with Crippen LogP contribution in [0.25, 0.3) is 0 Å². The predicted octanol–water partition coefficient (Wildman–Crippen LogP) is 2.12. The van der Waals surface area contributed by atoms with E-state index in [1.807, 2.05) is 0 Å². The molecule has 3 N–H and O–H groups in total. The van der Waals surface area contributed by atoms with Crippen LogP contribution in [0.4, 0.5) is 4.79 Å². The fourth-order valence-corrected chi connectivity index (χ4v) is 2.92. The lowest BCUT2D eigenvalue weighted by Gasteiger charge is -2.37. The topological polar surface area (TPSA) is 78.4 Å². The Bertz CT molecular complexity index is 362. The lowest BCUT2D eigenvalue weighted by atomic mass is 9.75. The van der Waals surface area contributed by atoms with Crippen molar-refractivity contribution in [2.75, 3.05) is 0 Å². The summed E-state index contributed by atoms with van der Waals surface area (Å²) in [5.74, 6) is 0.212. The van der Waals surface area contributed by atoms with Crippen molar-refractivity contribution in [2.45, 2.75) is 64.0 Å². The first-order valence-corrected chi connectivity index (χ1v) is 7.29. The van der Waals surface area contributed by atoms with Crippen LogP contribution >= 0.6 is 0 Å². The number of carboxylic acids is 1. The normalized spacial score (nSPS) is 37.5. The summed E-state index contributed by atoms with van der Waals surface area (Å²) in [6.45, 7) is 4.21. The largest absolute Gasteiger partial charge is 0.480 e. The van der Waals surface area contributed by atoms with Gasteiger partial charge in [-0.05, 0) is 43.9 Å². The first kappa shape index (κ1) is 14.2. The lowest BCUT2D eigenvalue weighted by molar-refractivity contribution is -0.146. The Kier molecular flexibility index (Phi) is 4.02. The average Bonchev–Trinajstić information content (AvgIpc) is 3.05. The fraction of sp³-hybridized carbons (Fsp3) is 0.857. The number of carbonyl (C=O) groups is 2. The Hall–Kier alpha value is -1.26. The van der Waals surface area contributed by atoms with Crippen LogP contribution in [0, 0.1) is 11.8 Å². The summed E-state index contributed by atoms with van der Waals surface area (Å²) in [5.41, 5.74) is -1.06. The number of rotatable bonds is 4. The van der Waals surface area contributed by atoms with Crippen molar-refractivity contribution in [3.05, 3.63) is 0 Å². The molecule has 5 nitrogen and oxygen atoms in total. The van der Waals surface area contributed by atoms with Crippen LogP contribution in [-0.2, 0) is 4.79 Å². The summed E-state index contributed by atoms with van der Waals surface area (Å²) < 4.78 is 0. The Morgan fingerprint density at radius 3 is 2.32 bits per heavy atom. The second-order valence-corrected chi connectivity index (χ2v) is 6.16. The van der Waals surface area contributed by atoms with Crippen molar-refractivity contribution in [3.63, 3.8) is 0 Å². The standard InChI is InChI=1S/C14H24N2O3/c1-3-10-4-6-14(7-5-10,12(17)18)16-13(19)15-11-8-9(11)2/h9-11H,3-8H2,1-2H3,(H,17,18)(H2,15,16,19). The zero-order chi connectivity index (χ0) is 14.0. The van der Waals surface area contributed by atoms with Gasteiger partial charge in [0.1, 0.15) is 5.54 Å². The maximum absolute atomic E-state index is 11.9. The van der Waals surface area contributed by atoms with E-state index in [0.717, 1.165) is 25.7 Å². The van der Waals surface area contributed by atoms with Gasteiger partial charge in [-0.2, -0.15) is 0 Å². The minimum atomic E-state index is -1.06. The molecule has 0 heterocycles. The van der Waals surface area contributed by atoms with E-state index < -0.39 is 11.5 Å². The molecule has 5 heteroatoms. The second-order valence-electron chi connectivity index (χ2n) is 6.16. The van der Waals surface area contributed by atoms with E-state index in [2.05, 4.69) is 24.5 Å². The molecule has 19 heavy (non-hydrogen) atoms. The van der Waals surface area contributed by atoms with Gasteiger partial charge in [-0.15, -0.1) is 0 Å². The van der Waals surface area contributed by atoms with Crippen LogP contribution in [0.2, 0.25) is 0 Å². The highest BCUT2D eigenvalue weighted by atomic mass is 16.4. The third-order valence-corrected chi connectivity index (χ3v) is 4.72. The molecule has 2 unspecified atom stereocenters. The van der Waals surface area contributed by atoms with E-state index in [1.165, 1.54) is 0 Å². The molecule has 0 aromatic carbocycles. The third kappa shape index (κ3) is 3.19. The van der Waals surface area contributed by atoms with E-state index in [-0.39, 0.29) is 12.1 Å². The van der Waals surface area contributed by atoms with Gasteiger partial charge in [0.2, 0.25) is 0 Å². The molecule has 0 aromatic rings. The van der Waals surface area contributed by atoms with E-state index >= 15 is 0 Å². The minimum Gasteiger partial charge on any atom is -0.480 e.